The first kappa shape index (κ1) is 17.8. The zero-order valence-electron chi connectivity index (χ0n) is 14.6. The van der Waals surface area contributed by atoms with Gasteiger partial charge in [-0.15, -0.1) is 5.10 Å². The minimum atomic E-state index is -0.503. The molecule has 1 aromatic carbocycles. The fourth-order valence-corrected chi connectivity index (χ4v) is 2.53. The van der Waals surface area contributed by atoms with Crippen LogP contribution in [0.3, 0.4) is 0 Å². The molecule has 24 heavy (non-hydrogen) atoms. The number of esters is 1. The van der Waals surface area contributed by atoms with E-state index >= 15 is 0 Å². The zero-order chi connectivity index (χ0) is 17.5. The lowest BCUT2D eigenvalue weighted by Crippen LogP contribution is -2.21. The molecule has 2 rings (SSSR count). The molecule has 0 aliphatic carbocycles. The summed E-state index contributed by atoms with van der Waals surface area (Å²) in [5, 5.41) is 10.5. The quantitative estimate of drug-likeness (QED) is 0.749. The van der Waals surface area contributed by atoms with Gasteiger partial charge in [0, 0.05) is 30.4 Å². The van der Waals surface area contributed by atoms with Crippen LogP contribution >= 0.6 is 0 Å². The minimum Gasteiger partial charge on any atom is -0.493 e. The summed E-state index contributed by atoms with van der Waals surface area (Å²) in [5.41, 5.74) is 2.37. The Bertz CT molecular complexity index is 680. The highest BCUT2D eigenvalue weighted by atomic mass is 16.5. The summed E-state index contributed by atoms with van der Waals surface area (Å²) < 4.78 is 10.8. The fourth-order valence-electron chi connectivity index (χ4n) is 2.53. The number of rotatable bonds is 8. The van der Waals surface area contributed by atoms with E-state index in [-0.39, 0.29) is 12.3 Å². The maximum Gasteiger partial charge on any atom is 0.361 e. The third-order valence-corrected chi connectivity index (χ3v) is 3.67. The standard InChI is InChI=1S/C17H24N4O3/c1-5-21(6-2)12-9-10-13(14(11-12)23-7-3)15-16(19-20-18-15)17(22)24-8-4/h9-11H,5-8H2,1-4H3,(H,18,19,20). The maximum atomic E-state index is 12.0. The van der Waals surface area contributed by atoms with Crippen LogP contribution in [0.25, 0.3) is 11.3 Å². The molecule has 0 aliphatic rings. The van der Waals surface area contributed by atoms with E-state index < -0.39 is 5.97 Å². The van der Waals surface area contributed by atoms with Crippen molar-refractivity contribution < 1.29 is 14.3 Å². The van der Waals surface area contributed by atoms with Gasteiger partial charge in [0.2, 0.25) is 0 Å². The Balaban J connectivity index is 2.47. The summed E-state index contributed by atoms with van der Waals surface area (Å²) in [6, 6.07) is 5.86. The van der Waals surface area contributed by atoms with Crippen LogP contribution in [0.4, 0.5) is 5.69 Å². The zero-order valence-corrected chi connectivity index (χ0v) is 14.6. The molecule has 0 aliphatic heterocycles. The molecule has 130 valence electrons. The van der Waals surface area contributed by atoms with Crippen molar-refractivity contribution in [3.05, 3.63) is 23.9 Å². The monoisotopic (exact) mass is 332 g/mol. The Kier molecular flexibility index (Phi) is 6.17. The van der Waals surface area contributed by atoms with Gasteiger partial charge in [0.1, 0.15) is 11.4 Å². The van der Waals surface area contributed by atoms with Gasteiger partial charge in [-0.2, -0.15) is 10.3 Å². The number of hydrogen-bond donors (Lipinski definition) is 1. The number of hydrogen-bond acceptors (Lipinski definition) is 6. The Morgan fingerprint density at radius 3 is 2.50 bits per heavy atom. The first-order chi connectivity index (χ1) is 11.7. The van der Waals surface area contributed by atoms with E-state index in [2.05, 4.69) is 34.2 Å². The summed E-state index contributed by atoms with van der Waals surface area (Å²) >= 11 is 0. The van der Waals surface area contributed by atoms with Crippen LogP contribution in [0.1, 0.15) is 38.2 Å². The summed E-state index contributed by atoms with van der Waals surface area (Å²) in [6.45, 7) is 10.5. The molecule has 1 aromatic heterocycles. The number of carbonyl (C=O) groups excluding carboxylic acids is 1. The molecule has 1 heterocycles. The smallest absolute Gasteiger partial charge is 0.361 e. The predicted molar refractivity (Wildman–Crippen MR) is 92.5 cm³/mol. The molecule has 0 saturated heterocycles. The van der Waals surface area contributed by atoms with Gasteiger partial charge in [0.25, 0.3) is 0 Å². The van der Waals surface area contributed by atoms with E-state index in [1.54, 1.807) is 6.92 Å². The van der Waals surface area contributed by atoms with Crippen LogP contribution in [0, 0.1) is 0 Å². The number of benzene rings is 1. The number of H-pyrrole nitrogens is 1. The van der Waals surface area contributed by atoms with Gasteiger partial charge in [-0.1, -0.05) is 0 Å². The van der Waals surface area contributed by atoms with E-state index in [0.717, 1.165) is 18.8 Å². The summed E-state index contributed by atoms with van der Waals surface area (Å²) in [5.74, 6) is 0.165. The van der Waals surface area contributed by atoms with Gasteiger partial charge in [0.05, 0.1) is 13.2 Å². The van der Waals surface area contributed by atoms with Crippen molar-refractivity contribution in [2.45, 2.75) is 27.7 Å². The molecule has 0 saturated carbocycles. The Labute approximate surface area is 142 Å². The topological polar surface area (TPSA) is 80.3 Å². The van der Waals surface area contributed by atoms with Gasteiger partial charge in [-0.05, 0) is 39.8 Å². The maximum absolute atomic E-state index is 12.0. The number of aromatic amines is 1. The molecule has 0 fully saturated rings. The molecule has 0 bridgehead atoms. The number of nitrogens with zero attached hydrogens (tertiary/aromatic N) is 3. The first-order valence-electron chi connectivity index (χ1n) is 8.26. The second kappa shape index (κ2) is 8.33. The number of aromatic nitrogens is 3. The van der Waals surface area contributed by atoms with E-state index in [4.69, 9.17) is 9.47 Å². The van der Waals surface area contributed by atoms with Crippen LogP contribution in [-0.2, 0) is 4.74 Å². The van der Waals surface area contributed by atoms with Crippen molar-refractivity contribution in [2.75, 3.05) is 31.2 Å². The molecule has 0 unspecified atom stereocenters. The second-order valence-corrected chi connectivity index (χ2v) is 5.03. The molecule has 0 atom stereocenters. The van der Waals surface area contributed by atoms with Gasteiger partial charge >= 0.3 is 5.97 Å². The lowest BCUT2D eigenvalue weighted by atomic mass is 10.1. The molecule has 0 radical (unpaired) electrons. The Morgan fingerprint density at radius 1 is 1.12 bits per heavy atom. The average molecular weight is 332 g/mol. The Hall–Kier alpha value is -2.57. The number of ether oxygens (including phenoxy) is 2. The van der Waals surface area contributed by atoms with E-state index in [1.807, 2.05) is 25.1 Å². The van der Waals surface area contributed by atoms with Gasteiger partial charge in [-0.25, -0.2) is 4.79 Å². The van der Waals surface area contributed by atoms with Crippen molar-refractivity contribution >= 4 is 11.7 Å². The Morgan fingerprint density at radius 2 is 1.88 bits per heavy atom. The largest absolute Gasteiger partial charge is 0.493 e. The number of nitrogens with one attached hydrogen (secondary N) is 1. The van der Waals surface area contributed by atoms with Crippen molar-refractivity contribution in [1.82, 2.24) is 15.4 Å². The molecule has 0 amide bonds. The van der Waals surface area contributed by atoms with Crippen molar-refractivity contribution in [3.8, 4) is 17.0 Å². The molecular formula is C17H24N4O3. The highest BCUT2D eigenvalue weighted by molar-refractivity contribution is 5.95. The van der Waals surface area contributed by atoms with Gasteiger partial charge < -0.3 is 14.4 Å². The summed E-state index contributed by atoms with van der Waals surface area (Å²) in [6.07, 6.45) is 0. The van der Waals surface area contributed by atoms with Crippen LogP contribution in [0.5, 0.6) is 5.75 Å². The van der Waals surface area contributed by atoms with Gasteiger partial charge in [0.15, 0.2) is 5.69 Å². The van der Waals surface area contributed by atoms with Crippen LogP contribution in [0.2, 0.25) is 0 Å². The van der Waals surface area contributed by atoms with Crippen LogP contribution in [-0.4, -0.2) is 47.7 Å². The number of carbonyl (C=O) groups is 1. The molecule has 0 spiro atoms. The van der Waals surface area contributed by atoms with Crippen LogP contribution in [0.15, 0.2) is 18.2 Å². The van der Waals surface area contributed by atoms with Crippen molar-refractivity contribution in [3.63, 3.8) is 0 Å². The first-order valence-corrected chi connectivity index (χ1v) is 8.26. The second-order valence-electron chi connectivity index (χ2n) is 5.03. The molecule has 1 N–H and O–H groups in total. The summed E-state index contributed by atoms with van der Waals surface area (Å²) in [4.78, 5) is 14.3. The number of anilines is 1. The lowest BCUT2D eigenvalue weighted by molar-refractivity contribution is 0.0520. The third-order valence-electron chi connectivity index (χ3n) is 3.67. The third kappa shape index (κ3) is 3.67. The molecular weight excluding hydrogens is 308 g/mol. The van der Waals surface area contributed by atoms with Crippen molar-refractivity contribution in [1.29, 1.82) is 0 Å². The minimum absolute atomic E-state index is 0.161. The fraction of sp³-hybridized carbons (Fsp3) is 0.471. The van der Waals surface area contributed by atoms with E-state index in [0.29, 0.717) is 23.6 Å². The molecule has 2 aromatic rings. The van der Waals surface area contributed by atoms with Crippen LogP contribution < -0.4 is 9.64 Å². The highest BCUT2D eigenvalue weighted by Gasteiger charge is 2.22. The SMILES string of the molecule is CCOC(=O)c1n[nH]nc1-c1ccc(N(CC)CC)cc1OCC. The molecule has 7 nitrogen and oxygen atoms in total. The van der Waals surface area contributed by atoms with E-state index in [9.17, 15) is 4.79 Å². The summed E-state index contributed by atoms with van der Waals surface area (Å²) in [7, 11) is 0. The highest BCUT2D eigenvalue weighted by Crippen LogP contribution is 2.34. The van der Waals surface area contributed by atoms with Gasteiger partial charge in [-0.3, -0.25) is 0 Å². The normalized spacial score (nSPS) is 10.5. The predicted octanol–water partition coefficient (Wildman–Crippen LogP) is 2.89. The lowest BCUT2D eigenvalue weighted by Gasteiger charge is -2.22. The molecule has 7 heteroatoms. The van der Waals surface area contributed by atoms with E-state index in [1.165, 1.54) is 0 Å². The van der Waals surface area contributed by atoms with Crippen molar-refractivity contribution in [2.24, 2.45) is 0 Å². The average Bonchev–Trinajstić information content (AvgIpc) is 3.06.